The minimum Gasteiger partial charge on any atom is -0.493 e. The molecular formula is C25H28FN4O9P. The Kier molecular flexibility index (Phi) is 4.84. The molecule has 13 nitrogen and oxygen atoms in total. The van der Waals surface area contributed by atoms with Crippen LogP contribution < -0.4 is 23.8 Å². The number of methoxy groups -OCH3 is 3. The van der Waals surface area contributed by atoms with Crippen molar-refractivity contribution >= 4 is 19.5 Å². The Morgan fingerprint density at radius 3 is 2.45 bits per heavy atom. The summed E-state index contributed by atoms with van der Waals surface area (Å²) >= 11 is 0. The van der Waals surface area contributed by atoms with Gasteiger partial charge < -0.3 is 28.7 Å². The van der Waals surface area contributed by atoms with Crippen LogP contribution in [-0.2, 0) is 26.7 Å². The smallest absolute Gasteiger partial charge is 0.471 e. The van der Waals surface area contributed by atoms with Gasteiger partial charge in [0.25, 0.3) is 5.91 Å². The van der Waals surface area contributed by atoms with Gasteiger partial charge in [-0.05, 0) is 43.4 Å². The van der Waals surface area contributed by atoms with Crippen LogP contribution in [0, 0.1) is 5.82 Å². The highest BCUT2D eigenvalue weighted by Gasteiger charge is 2.42. The Morgan fingerprint density at radius 1 is 1.15 bits per heavy atom. The summed E-state index contributed by atoms with van der Waals surface area (Å²) in [5, 5.41) is 0. The number of rotatable bonds is 10. The topological polar surface area (TPSA) is 163 Å². The number of ether oxygens (including phenoxy) is 4. The van der Waals surface area contributed by atoms with E-state index in [1.54, 1.807) is 0 Å². The summed E-state index contributed by atoms with van der Waals surface area (Å²) in [7, 11) is -2.13. The Labute approximate surface area is 246 Å². The number of carbonyl (C=O) groups is 1. The van der Waals surface area contributed by atoms with Crippen LogP contribution in [0.2, 0.25) is 0 Å². The van der Waals surface area contributed by atoms with E-state index >= 15 is 4.39 Å². The minimum atomic E-state index is -5.89. The normalized spacial score (nSPS) is 19.8. The van der Waals surface area contributed by atoms with E-state index in [0.717, 1.165) is 0 Å². The van der Waals surface area contributed by atoms with Crippen molar-refractivity contribution in [3.05, 3.63) is 59.0 Å². The van der Waals surface area contributed by atoms with Gasteiger partial charge in [0.2, 0.25) is 5.75 Å². The highest BCUT2D eigenvalue weighted by Crippen LogP contribution is 2.41. The number of carbonyl (C=O) groups excluding carboxylic acids is 1. The lowest BCUT2D eigenvalue weighted by atomic mass is 10.1. The summed E-state index contributed by atoms with van der Waals surface area (Å²) in [5.41, 5.74) is -5.26. The molecule has 0 bridgehead atoms. The average molecular weight is 591 g/mol. The minimum absolute atomic E-state index is 0.0424. The lowest BCUT2D eigenvalue weighted by Gasteiger charge is -2.37. The molecular weight excluding hydrogens is 550 g/mol. The predicted molar refractivity (Wildman–Crippen MR) is 138 cm³/mol. The standard InChI is InChI=1S/C25H28FN4O9P/c1-25(2)24(31)30(13-38-40(32,33)34)23-18(39-25)7-6-15(28-23)11-17-16(26)12-27-21(29-17)10-14-8-19(35-3)22(37-5)20(9-14)36-4/h6-9,12H,10-11,13H2,1-5H3,(H2,32,33,34)/i1D3,2D3,6D,7D,8D,9D,13D2. The summed E-state index contributed by atoms with van der Waals surface area (Å²) in [6.07, 6.45) is -0.539. The average Bonchev–Trinajstić information content (AvgIpc) is 3.00. The van der Waals surface area contributed by atoms with Gasteiger partial charge in [-0.3, -0.25) is 14.2 Å². The summed E-state index contributed by atoms with van der Waals surface area (Å²) in [6, 6.07) is -2.79. The van der Waals surface area contributed by atoms with Gasteiger partial charge >= 0.3 is 7.82 Å². The second kappa shape index (κ2) is 11.3. The molecule has 0 aliphatic carbocycles. The molecule has 0 saturated heterocycles. The van der Waals surface area contributed by atoms with Crippen LogP contribution in [0.4, 0.5) is 10.2 Å². The molecule has 2 aromatic heterocycles. The molecule has 4 rings (SSSR count). The van der Waals surface area contributed by atoms with Crippen molar-refractivity contribution in [2.24, 2.45) is 0 Å². The van der Waals surface area contributed by atoms with Gasteiger partial charge in [-0.25, -0.2) is 23.9 Å². The zero-order valence-electron chi connectivity index (χ0n) is 32.9. The summed E-state index contributed by atoms with van der Waals surface area (Å²) in [4.78, 5) is 43.9. The number of phosphoric acid groups is 1. The lowest BCUT2D eigenvalue weighted by Crippen LogP contribution is -2.53. The van der Waals surface area contributed by atoms with Crippen LogP contribution in [-0.4, -0.2) is 64.3 Å². The van der Waals surface area contributed by atoms with Crippen molar-refractivity contribution < 1.29 is 63.5 Å². The Bertz CT molecular complexity index is 1940. The summed E-state index contributed by atoms with van der Waals surface area (Å²) in [5.74, 6) is -6.34. The number of amides is 1. The van der Waals surface area contributed by atoms with Gasteiger partial charge in [-0.2, -0.15) is 0 Å². The second-order valence-electron chi connectivity index (χ2n) is 7.82. The zero-order chi connectivity index (χ0) is 39.5. The maximum Gasteiger partial charge on any atom is 0.471 e. The molecule has 0 atom stereocenters. The number of hydrogen-bond donors (Lipinski definition) is 2. The number of hydrogen-bond acceptors (Lipinski definition) is 10. The molecule has 1 aliphatic heterocycles. The largest absolute Gasteiger partial charge is 0.493 e. The molecule has 214 valence electrons. The fourth-order valence-corrected chi connectivity index (χ4v) is 3.57. The van der Waals surface area contributed by atoms with E-state index < -0.39 is 91.9 Å². The molecule has 1 aliphatic rings. The highest BCUT2D eigenvalue weighted by atomic mass is 31.2. The lowest BCUT2D eigenvalue weighted by molar-refractivity contribution is -0.133. The third kappa shape index (κ3) is 6.31. The molecule has 3 aromatic rings. The first-order chi connectivity index (χ1) is 23.8. The van der Waals surface area contributed by atoms with Gasteiger partial charge in [0.15, 0.2) is 34.5 Å². The molecule has 0 fully saturated rings. The van der Waals surface area contributed by atoms with Crippen LogP contribution >= 0.6 is 7.82 Å². The van der Waals surface area contributed by atoms with Gasteiger partial charge in [0.05, 0.1) is 41.4 Å². The van der Waals surface area contributed by atoms with Crippen molar-refractivity contribution in [2.45, 2.75) is 32.1 Å². The third-order valence-electron chi connectivity index (χ3n) is 5.08. The third-order valence-corrected chi connectivity index (χ3v) is 5.40. The van der Waals surface area contributed by atoms with E-state index in [9.17, 15) is 19.1 Å². The Morgan fingerprint density at radius 2 is 1.85 bits per heavy atom. The molecule has 0 radical (unpaired) electrons. The molecule has 40 heavy (non-hydrogen) atoms. The summed E-state index contributed by atoms with van der Waals surface area (Å²) in [6.45, 7) is -12.0. The highest BCUT2D eigenvalue weighted by molar-refractivity contribution is 7.46. The van der Waals surface area contributed by atoms with E-state index in [2.05, 4.69) is 19.5 Å². The number of phosphoric ester groups is 1. The van der Waals surface area contributed by atoms with Crippen LogP contribution in [0.25, 0.3) is 0 Å². The molecule has 1 aromatic carbocycles. The van der Waals surface area contributed by atoms with Crippen molar-refractivity contribution in [1.29, 1.82) is 0 Å². The fraction of sp³-hybridized carbons (Fsp3) is 0.360. The van der Waals surface area contributed by atoms with E-state index in [4.69, 9.17) is 35.4 Å². The van der Waals surface area contributed by atoms with E-state index in [1.165, 1.54) is 21.3 Å². The van der Waals surface area contributed by atoms with Crippen molar-refractivity contribution in [2.75, 3.05) is 32.9 Å². The van der Waals surface area contributed by atoms with E-state index in [0.29, 0.717) is 6.20 Å². The van der Waals surface area contributed by atoms with Gasteiger partial charge in [-0.15, -0.1) is 0 Å². The van der Waals surface area contributed by atoms with Gasteiger partial charge in [0.1, 0.15) is 12.5 Å². The number of nitrogens with zero attached hydrogens (tertiary/aromatic N) is 4. The second-order valence-corrected chi connectivity index (χ2v) is 8.98. The number of anilines is 1. The summed E-state index contributed by atoms with van der Waals surface area (Å²) < 4.78 is 149. The Balaban J connectivity index is 1.91. The van der Waals surface area contributed by atoms with Crippen LogP contribution in [0.5, 0.6) is 23.0 Å². The first-order valence-electron chi connectivity index (χ1n) is 16.9. The van der Waals surface area contributed by atoms with Crippen molar-refractivity contribution in [3.63, 3.8) is 0 Å². The monoisotopic (exact) mass is 590 g/mol. The maximum atomic E-state index is 15.2. The van der Waals surface area contributed by atoms with E-state index in [1.807, 2.05) is 0 Å². The van der Waals surface area contributed by atoms with Crippen LogP contribution in [0.15, 0.2) is 30.4 Å². The van der Waals surface area contributed by atoms with E-state index in [-0.39, 0.29) is 47.1 Å². The molecule has 0 spiro atoms. The van der Waals surface area contributed by atoms with Crippen LogP contribution in [0.3, 0.4) is 0 Å². The number of benzene rings is 1. The molecule has 3 heterocycles. The van der Waals surface area contributed by atoms with Gasteiger partial charge in [0, 0.05) is 26.8 Å². The number of fused-ring (bicyclic) bond motifs is 1. The maximum absolute atomic E-state index is 15.2. The Hall–Kier alpha value is -3.84. The molecule has 15 heteroatoms. The number of halogens is 1. The van der Waals surface area contributed by atoms with Gasteiger partial charge in [-0.1, -0.05) is 0 Å². The zero-order valence-corrected chi connectivity index (χ0v) is 21.8. The van der Waals surface area contributed by atoms with Crippen LogP contribution in [0.1, 0.15) is 52.9 Å². The molecule has 0 unspecified atom stereocenters. The van der Waals surface area contributed by atoms with Crippen molar-refractivity contribution in [3.8, 4) is 23.0 Å². The first kappa shape index (κ1) is 17.1. The number of aromatic nitrogens is 3. The quantitative estimate of drug-likeness (QED) is 0.333. The molecule has 2 N–H and O–H groups in total. The first-order valence-corrected chi connectivity index (χ1v) is 12.4. The fourth-order valence-electron chi connectivity index (χ4n) is 3.38. The van der Waals surface area contributed by atoms with Crippen molar-refractivity contribution in [1.82, 2.24) is 15.0 Å². The SMILES string of the molecule is [2H]c1c(Cc2nc(Cc3c([2H])c(OC)c(OC)c(OC)c3[2H])ncc2F)nc2c(c1[2H])OC(C([2H])([2H])[2H])(C([2H])([2H])[2H])C(=O)N2C([2H])([2H])OP(=O)(O)O. The number of pyridine rings is 1. The predicted octanol–water partition coefficient (Wildman–Crippen LogP) is 2.79. The molecule has 0 saturated carbocycles. The molecule has 1 amide bonds.